The summed E-state index contributed by atoms with van der Waals surface area (Å²) in [6.07, 6.45) is 1.68. The molecule has 1 aliphatic rings. The summed E-state index contributed by atoms with van der Waals surface area (Å²) in [6, 6.07) is 18.2. The number of para-hydroxylation sites is 2. The molecule has 4 rings (SSSR count). The molecule has 3 aromatic rings. The predicted molar refractivity (Wildman–Crippen MR) is 119 cm³/mol. The van der Waals surface area contributed by atoms with Crippen LogP contribution in [-0.4, -0.2) is 28.1 Å². The van der Waals surface area contributed by atoms with Crippen molar-refractivity contribution in [3.8, 4) is 0 Å². The fraction of sp³-hybridized carbons (Fsp3) is 0.250. The van der Waals surface area contributed by atoms with Gasteiger partial charge < -0.3 is 10.2 Å². The van der Waals surface area contributed by atoms with Gasteiger partial charge in [0.1, 0.15) is 5.69 Å². The normalized spacial score (nSPS) is 12.5. The number of rotatable bonds is 6. The Morgan fingerprint density at radius 2 is 1.81 bits per heavy atom. The van der Waals surface area contributed by atoms with E-state index in [-0.39, 0.29) is 36.0 Å². The van der Waals surface area contributed by atoms with Gasteiger partial charge >= 0.3 is 0 Å². The summed E-state index contributed by atoms with van der Waals surface area (Å²) in [6.45, 7) is 2.70. The molecule has 158 valence electrons. The first kappa shape index (κ1) is 20.5. The molecule has 31 heavy (non-hydrogen) atoms. The zero-order valence-electron chi connectivity index (χ0n) is 17.4. The average Bonchev–Trinajstić information content (AvgIpc) is 3.22. The van der Waals surface area contributed by atoms with E-state index >= 15 is 0 Å². The minimum Gasteiger partial charge on any atom is -0.326 e. The molecule has 1 aromatic heterocycles. The number of hydrogen-bond donors (Lipinski definition) is 1. The molecule has 0 unspecified atom stereocenters. The van der Waals surface area contributed by atoms with Crippen LogP contribution in [0.5, 0.6) is 0 Å². The number of aromatic nitrogens is 2. The van der Waals surface area contributed by atoms with Crippen LogP contribution in [0.15, 0.2) is 65.5 Å². The van der Waals surface area contributed by atoms with E-state index in [1.807, 2.05) is 55.5 Å². The van der Waals surface area contributed by atoms with Crippen LogP contribution in [0.4, 0.5) is 11.4 Å². The van der Waals surface area contributed by atoms with Crippen LogP contribution in [0.25, 0.3) is 0 Å². The Kier molecular flexibility index (Phi) is 5.93. The molecule has 7 nitrogen and oxygen atoms in total. The highest BCUT2D eigenvalue weighted by molar-refractivity contribution is 6.05. The summed E-state index contributed by atoms with van der Waals surface area (Å²) in [5, 5.41) is 7.12. The van der Waals surface area contributed by atoms with Gasteiger partial charge in [-0.15, -0.1) is 0 Å². The van der Waals surface area contributed by atoms with Crippen LogP contribution in [-0.2, 0) is 24.2 Å². The number of anilines is 2. The third-order valence-corrected chi connectivity index (χ3v) is 5.44. The van der Waals surface area contributed by atoms with Gasteiger partial charge in [0, 0.05) is 30.4 Å². The molecule has 0 fully saturated rings. The molecular formula is C24H24N4O3. The predicted octanol–water partition coefficient (Wildman–Crippen LogP) is 3.04. The maximum atomic E-state index is 13.0. The molecule has 1 aliphatic heterocycles. The standard InChI is InChI=1S/C24H24N4O3/c1-2-17-7-3-5-9-19(17)25-22(29)14-16-28-23(30)12-11-20(26-28)24(31)27-15-13-18-8-4-6-10-21(18)27/h3-12H,2,13-16H2,1H3,(H,25,29). The lowest BCUT2D eigenvalue weighted by Crippen LogP contribution is -2.33. The molecular weight excluding hydrogens is 392 g/mol. The van der Waals surface area contributed by atoms with Crippen LogP contribution < -0.4 is 15.8 Å². The molecule has 2 heterocycles. The second-order valence-corrected chi connectivity index (χ2v) is 7.42. The highest BCUT2D eigenvalue weighted by atomic mass is 16.2. The molecule has 0 atom stereocenters. The van der Waals surface area contributed by atoms with Crippen molar-refractivity contribution < 1.29 is 9.59 Å². The summed E-state index contributed by atoms with van der Waals surface area (Å²) >= 11 is 0. The maximum Gasteiger partial charge on any atom is 0.278 e. The van der Waals surface area contributed by atoms with Gasteiger partial charge in [-0.25, -0.2) is 4.68 Å². The molecule has 0 spiro atoms. The monoisotopic (exact) mass is 416 g/mol. The molecule has 2 aromatic carbocycles. The first-order valence-corrected chi connectivity index (χ1v) is 10.4. The van der Waals surface area contributed by atoms with Gasteiger partial charge in [-0.3, -0.25) is 14.4 Å². The number of carbonyl (C=O) groups is 2. The van der Waals surface area contributed by atoms with Gasteiger partial charge in [0.2, 0.25) is 5.91 Å². The SMILES string of the molecule is CCc1ccccc1NC(=O)CCn1nc(C(=O)N2CCc3ccccc32)ccc1=O. The van der Waals surface area contributed by atoms with Crippen molar-refractivity contribution >= 4 is 23.2 Å². The van der Waals surface area contributed by atoms with Gasteiger partial charge in [-0.05, 0) is 42.2 Å². The molecule has 7 heteroatoms. The summed E-state index contributed by atoms with van der Waals surface area (Å²) in [5.74, 6) is -0.458. The Balaban J connectivity index is 1.45. The van der Waals surface area contributed by atoms with Crippen molar-refractivity contribution in [1.82, 2.24) is 9.78 Å². The van der Waals surface area contributed by atoms with E-state index in [2.05, 4.69) is 10.4 Å². The second-order valence-electron chi connectivity index (χ2n) is 7.42. The summed E-state index contributed by atoms with van der Waals surface area (Å²) in [4.78, 5) is 39.3. The zero-order chi connectivity index (χ0) is 21.8. The highest BCUT2D eigenvalue weighted by Gasteiger charge is 2.26. The fourth-order valence-corrected chi connectivity index (χ4v) is 3.78. The Labute approximate surface area is 180 Å². The average molecular weight is 416 g/mol. The fourth-order valence-electron chi connectivity index (χ4n) is 3.78. The van der Waals surface area contributed by atoms with Crippen molar-refractivity contribution in [3.05, 3.63) is 87.8 Å². The van der Waals surface area contributed by atoms with Crippen molar-refractivity contribution in [2.45, 2.75) is 32.7 Å². The number of amides is 2. The molecule has 0 saturated heterocycles. The molecule has 2 amide bonds. The first-order chi connectivity index (χ1) is 15.1. The third-order valence-electron chi connectivity index (χ3n) is 5.44. The van der Waals surface area contributed by atoms with Crippen molar-refractivity contribution in [2.24, 2.45) is 0 Å². The van der Waals surface area contributed by atoms with Gasteiger partial charge in [0.25, 0.3) is 11.5 Å². The number of carbonyl (C=O) groups excluding carboxylic acids is 2. The van der Waals surface area contributed by atoms with Crippen molar-refractivity contribution in [2.75, 3.05) is 16.8 Å². The van der Waals surface area contributed by atoms with Crippen LogP contribution in [0, 0.1) is 0 Å². The lowest BCUT2D eigenvalue weighted by molar-refractivity contribution is -0.116. The van der Waals surface area contributed by atoms with Gasteiger partial charge in [0.15, 0.2) is 0 Å². The summed E-state index contributed by atoms with van der Waals surface area (Å²) in [5.41, 5.74) is 3.65. The van der Waals surface area contributed by atoms with Crippen molar-refractivity contribution in [3.63, 3.8) is 0 Å². The second kappa shape index (κ2) is 8.95. The van der Waals surface area contributed by atoms with E-state index in [0.29, 0.717) is 6.54 Å². The maximum absolute atomic E-state index is 13.0. The number of fused-ring (bicyclic) bond motifs is 1. The number of nitrogens with one attached hydrogen (secondary N) is 1. The molecule has 0 bridgehead atoms. The first-order valence-electron chi connectivity index (χ1n) is 10.4. The van der Waals surface area contributed by atoms with E-state index in [4.69, 9.17) is 0 Å². The Bertz CT molecular complexity index is 1190. The van der Waals surface area contributed by atoms with Gasteiger partial charge in [-0.2, -0.15) is 5.10 Å². The number of nitrogens with zero attached hydrogens (tertiary/aromatic N) is 3. The topological polar surface area (TPSA) is 84.3 Å². The Morgan fingerprint density at radius 1 is 1.03 bits per heavy atom. The lowest BCUT2D eigenvalue weighted by atomic mass is 10.1. The zero-order valence-corrected chi connectivity index (χ0v) is 17.4. The minimum atomic E-state index is -0.347. The van der Waals surface area contributed by atoms with E-state index in [1.165, 1.54) is 16.8 Å². The highest BCUT2D eigenvalue weighted by Crippen LogP contribution is 2.28. The van der Waals surface area contributed by atoms with Crippen LogP contribution >= 0.6 is 0 Å². The van der Waals surface area contributed by atoms with Crippen LogP contribution in [0.1, 0.15) is 35.0 Å². The third kappa shape index (κ3) is 4.40. The molecule has 0 aliphatic carbocycles. The Morgan fingerprint density at radius 3 is 2.65 bits per heavy atom. The summed E-state index contributed by atoms with van der Waals surface area (Å²) < 4.78 is 1.18. The van der Waals surface area contributed by atoms with Gasteiger partial charge in [0.05, 0.1) is 6.54 Å². The van der Waals surface area contributed by atoms with Crippen molar-refractivity contribution in [1.29, 1.82) is 0 Å². The number of aryl methyl sites for hydroxylation is 2. The van der Waals surface area contributed by atoms with Crippen LogP contribution in [0.3, 0.4) is 0 Å². The van der Waals surface area contributed by atoms with E-state index < -0.39 is 0 Å². The quantitative estimate of drug-likeness (QED) is 0.669. The van der Waals surface area contributed by atoms with E-state index in [1.54, 1.807) is 4.90 Å². The largest absolute Gasteiger partial charge is 0.326 e. The number of hydrogen-bond acceptors (Lipinski definition) is 4. The smallest absolute Gasteiger partial charge is 0.278 e. The van der Waals surface area contributed by atoms with E-state index in [0.717, 1.165) is 35.3 Å². The number of benzene rings is 2. The lowest BCUT2D eigenvalue weighted by Gasteiger charge is -2.17. The van der Waals surface area contributed by atoms with Crippen LogP contribution in [0.2, 0.25) is 0 Å². The molecule has 0 saturated carbocycles. The summed E-state index contributed by atoms with van der Waals surface area (Å²) in [7, 11) is 0. The molecule has 0 radical (unpaired) electrons. The minimum absolute atomic E-state index is 0.0785. The van der Waals surface area contributed by atoms with E-state index in [9.17, 15) is 14.4 Å². The van der Waals surface area contributed by atoms with Gasteiger partial charge in [-0.1, -0.05) is 43.3 Å². The molecule has 1 N–H and O–H groups in total. The Hall–Kier alpha value is -3.74.